The van der Waals surface area contributed by atoms with E-state index in [1.165, 1.54) is 6.20 Å². The number of aromatic nitrogens is 1. The van der Waals surface area contributed by atoms with E-state index in [0.717, 1.165) is 0 Å². The van der Waals surface area contributed by atoms with Gasteiger partial charge in [-0.1, -0.05) is 0 Å². The molecule has 2 N–H and O–H groups in total. The van der Waals surface area contributed by atoms with Gasteiger partial charge in [0.2, 0.25) is 0 Å². The molecule has 6 heteroatoms. The number of hydrogen-bond acceptors (Lipinski definition) is 5. The first-order chi connectivity index (χ1) is 8.66. The number of aliphatic carboxylic acids is 1. The first-order valence-electron chi connectivity index (χ1n) is 5.62. The summed E-state index contributed by atoms with van der Waals surface area (Å²) in [6, 6.07) is 5.11. The van der Waals surface area contributed by atoms with Gasteiger partial charge < -0.3 is 15.2 Å². The molecule has 0 aromatic carbocycles. The molecule has 0 atom stereocenters. The molecule has 0 bridgehead atoms. The Kier molecular flexibility index (Phi) is 3.44. The van der Waals surface area contributed by atoms with E-state index in [2.05, 4.69) is 10.3 Å². The highest BCUT2D eigenvalue weighted by molar-refractivity contribution is 5.82. The number of carboxylic acid groups (broad SMARTS) is 1. The van der Waals surface area contributed by atoms with E-state index in [1.54, 1.807) is 12.1 Å². The van der Waals surface area contributed by atoms with Gasteiger partial charge in [0.05, 0.1) is 11.6 Å². The number of anilines is 1. The number of nitriles is 1. The van der Waals surface area contributed by atoms with Crippen molar-refractivity contribution in [2.24, 2.45) is 0 Å². The van der Waals surface area contributed by atoms with Gasteiger partial charge >= 0.3 is 5.97 Å². The van der Waals surface area contributed by atoms with Crippen LogP contribution in [-0.4, -0.2) is 34.8 Å². The summed E-state index contributed by atoms with van der Waals surface area (Å²) >= 11 is 0. The molecule has 1 aromatic rings. The number of ether oxygens (including phenoxy) is 1. The normalized spacial score (nSPS) is 17.7. The Morgan fingerprint density at radius 2 is 2.28 bits per heavy atom. The SMILES string of the molecule is N#Cc1ccnc(NC2(C(=O)O)CCOCC2)c1. The first kappa shape index (κ1) is 12.3. The zero-order valence-corrected chi connectivity index (χ0v) is 9.72. The van der Waals surface area contributed by atoms with Crippen LogP contribution in [0.5, 0.6) is 0 Å². The quantitative estimate of drug-likeness (QED) is 0.827. The minimum Gasteiger partial charge on any atom is -0.480 e. The highest BCUT2D eigenvalue weighted by Gasteiger charge is 2.40. The number of hydrogen-bond donors (Lipinski definition) is 2. The topological polar surface area (TPSA) is 95.2 Å². The average Bonchev–Trinajstić information content (AvgIpc) is 2.40. The summed E-state index contributed by atoms with van der Waals surface area (Å²) in [5.41, 5.74) is -0.612. The van der Waals surface area contributed by atoms with Crippen LogP contribution in [0.3, 0.4) is 0 Å². The van der Waals surface area contributed by atoms with E-state index in [4.69, 9.17) is 10.00 Å². The Morgan fingerprint density at radius 3 is 2.89 bits per heavy atom. The molecular weight excluding hydrogens is 234 g/mol. The lowest BCUT2D eigenvalue weighted by Crippen LogP contribution is -2.50. The van der Waals surface area contributed by atoms with Crippen molar-refractivity contribution >= 4 is 11.8 Å². The second-order valence-corrected chi connectivity index (χ2v) is 4.17. The highest BCUT2D eigenvalue weighted by Crippen LogP contribution is 2.25. The molecular formula is C12H13N3O3. The third-order valence-corrected chi connectivity index (χ3v) is 3.01. The Morgan fingerprint density at radius 1 is 1.56 bits per heavy atom. The zero-order chi connectivity index (χ0) is 13.0. The first-order valence-corrected chi connectivity index (χ1v) is 5.62. The van der Waals surface area contributed by atoms with Crippen molar-refractivity contribution in [3.63, 3.8) is 0 Å². The molecule has 18 heavy (non-hydrogen) atoms. The predicted octanol–water partition coefficient (Wildman–Crippen LogP) is 0.999. The van der Waals surface area contributed by atoms with Gasteiger partial charge in [0.1, 0.15) is 11.4 Å². The molecule has 1 aliphatic rings. The monoisotopic (exact) mass is 247 g/mol. The molecule has 0 saturated carbocycles. The third-order valence-electron chi connectivity index (χ3n) is 3.01. The van der Waals surface area contributed by atoms with Gasteiger partial charge in [0.25, 0.3) is 0 Å². The minimum absolute atomic E-state index is 0.376. The van der Waals surface area contributed by atoms with E-state index in [0.29, 0.717) is 37.4 Å². The maximum absolute atomic E-state index is 11.4. The van der Waals surface area contributed by atoms with E-state index in [9.17, 15) is 9.90 Å². The number of pyridine rings is 1. The summed E-state index contributed by atoms with van der Waals surface area (Å²) in [5.74, 6) is -0.520. The fourth-order valence-corrected chi connectivity index (χ4v) is 1.93. The van der Waals surface area contributed by atoms with Crippen LogP contribution in [0, 0.1) is 11.3 Å². The summed E-state index contributed by atoms with van der Waals surface area (Å²) in [6.45, 7) is 0.800. The van der Waals surface area contributed by atoms with Crippen molar-refractivity contribution < 1.29 is 14.6 Å². The van der Waals surface area contributed by atoms with Crippen LogP contribution >= 0.6 is 0 Å². The number of carboxylic acids is 1. The van der Waals surface area contributed by atoms with Gasteiger partial charge in [-0.3, -0.25) is 0 Å². The maximum Gasteiger partial charge on any atom is 0.329 e. The second kappa shape index (κ2) is 5.02. The number of carbonyl (C=O) groups is 1. The van der Waals surface area contributed by atoms with Crippen molar-refractivity contribution in [2.75, 3.05) is 18.5 Å². The molecule has 0 radical (unpaired) electrons. The summed E-state index contributed by atoms with van der Waals surface area (Å²) in [6.07, 6.45) is 2.23. The van der Waals surface area contributed by atoms with Crippen molar-refractivity contribution in [3.05, 3.63) is 23.9 Å². The molecule has 2 rings (SSSR count). The largest absolute Gasteiger partial charge is 0.480 e. The average molecular weight is 247 g/mol. The molecule has 1 aliphatic heterocycles. The fraction of sp³-hybridized carbons (Fsp3) is 0.417. The lowest BCUT2D eigenvalue weighted by Gasteiger charge is -2.34. The van der Waals surface area contributed by atoms with Gasteiger partial charge in [0.15, 0.2) is 0 Å². The molecule has 0 aliphatic carbocycles. The van der Waals surface area contributed by atoms with E-state index >= 15 is 0 Å². The van der Waals surface area contributed by atoms with Gasteiger partial charge in [-0.2, -0.15) is 5.26 Å². The molecule has 94 valence electrons. The van der Waals surface area contributed by atoms with Crippen LogP contribution in [0.4, 0.5) is 5.82 Å². The highest BCUT2D eigenvalue weighted by atomic mass is 16.5. The standard InChI is InChI=1S/C12H13N3O3/c13-8-9-1-4-14-10(7-9)15-12(11(16)17)2-5-18-6-3-12/h1,4,7H,2-3,5-6H2,(H,14,15)(H,16,17). The molecule has 1 fully saturated rings. The van der Waals surface area contributed by atoms with Crippen molar-refractivity contribution in [1.29, 1.82) is 5.26 Å². The van der Waals surface area contributed by atoms with E-state index in [-0.39, 0.29) is 0 Å². The van der Waals surface area contributed by atoms with Crippen LogP contribution in [0.15, 0.2) is 18.3 Å². The Balaban J connectivity index is 2.23. The summed E-state index contributed by atoms with van der Waals surface area (Å²) in [7, 11) is 0. The summed E-state index contributed by atoms with van der Waals surface area (Å²) < 4.78 is 5.18. The Labute approximate surface area is 104 Å². The van der Waals surface area contributed by atoms with Crippen LogP contribution < -0.4 is 5.32 Å². The lowest BCUT2D eigenvalue weighted by atomic mass is 9.90. The molecule has 0 unspecified atom stereocenters. The van der Waals surface area contributed by atoms with Crippen molar-refractivity contribution in [3.8, 4) is 6.07 Å². The summed E-state index contributed by atoms with van der Waals surface area (Å²) in [4.78, 5) is 15.5. The second-order valence-electron chi connectivity index (χ2n) is 4.17. The molecule has 2 heterocycles. The Bertz CT molecular complexity index is 490. The number of nitrogens with zero attached hydrogens (tertiary/aromatic N) is 2. The zero-order valence-electron chi connectivity index (χ0n) is 9.72. The number of nitrogens with one attached hydrogen (secondary N) is 1. The maximum atomic E-state index is 11.4. The predicted molar refractivity (Wildman–Crippen MR) is 63.0 cm³/mol. The van der Waals surface area contributed by atoms with Crippen LogP contribution in [0.2, 0.25) is 0 Å². The molecule has 0 spiro atoms. The number of rotatable bonds is 3. The van der Waals surface area contributed by atoms with E-state index < -0.39 is 11.5 Å². The van der Waals surface area contributed by atoms with Crippen molar-refractivity contribution in [2.45, 2.75) is 18.4 Å². The van der Waals surface area contributed by atoms with Gasteiger partial charge in [-0.05, 0) is 12.1 Å². The van der Waals surface area contributed by atoms with Crippen molar-refractivity contribution in [1.82, 2.24) is 4.98 Å². The van der Waals surface area contributed by atoms with Crippen LogP contribution in [-0.2, 0) is 9.53 Å². The lowest BCUT2D eigenvalue weighted by molar-refractivity contribution is -0.145. The molecule has 1 aromatic heterocycles. The van der Waals surface area contributed by atoms with E-state index in [1.807, 2.05) is 6.07 Å². The third kappa shape index (κ3) is 2.41. The van der Waals surface area contributed by atoms with Gasteiger partial charge in [-0.15, -0.1) is 0 Å². The molecule has 6 nitrogen and oxygen atoms in total. The minimum atomic E-state index is -1.06. The Hall–Kier alpha value is -2.13. The van der Waals surface area contributed by atoms with Gasteiger partial charge in [0, 0.05) is 32.3 Å². The molecule has 1 saturated heterocycles. The molecule has 0 amide bonds. The van der Waals surface area contributed by atoms with Gasteiger partial charge in [-0.25, -0.2) is 9.78 Å². The van der Waals surface area contributed by atoms with Crippen LogP contribution in [0.1, 0.15) is 18.4 Å². The summed E-state index contributed by atoms with van der Waals surface area (Å²) in [5, 5.41) is 21.1. The van der Waals surface area contributed by atoms with Crippen LogP contribution in [0.25, 0.3) is 0 Å². The fourth-order valence-electron chi connectivity index (χ4n) is 1.93. The smallest absolute Gasteiger partial charge is 0.329 e.